The van der Waals surface area contributed by atoms with Crippen LogP contribution >= 0.6 is 0 Å². The van der Waals surface area contributed by atoms with E-state index in [4.69, 9.17) is 0 Å². The number of aryl methyl sites for hydroxylation is 2. The second-order valence-electron chi connectivity index (χ2n) is 7.28. The van der Waals surface area contributed by atoms with Gasteiger partial charge in [-0.2, -0.15) is 0 Å². The zero-order valence-corrected chi connectivity index (χ0v) is 14.9. The van der Waals surface area contributed by atoms with Crippen molar-refractivity contribution in [3.63, 3.8) is 0 Å². The lowest BCUT2D eigenvalue weighted by Crippen LogP contribution is -2.52. The number of rotatable bonds is 3. The standard InChI is InChI=1S/C20H28N2O2/c1-15-7-8-17(13-16(15)2)14-19(23)21-9-11-22(12-10-21)20(24)18-5-3-4-6-18/h7-8,13,18H,3-6,9-12,14H2,1-2H3. The zero-order valence-electron chi connectivity index (χ0n) is 14.9. The summed E-state index contributed by atoms with van der Waals surface area (Å²) in [7, 11) is 0. The van der Waals surface area contributed by atoms with Crippen LogP contribution in [-0.4, -0.2) is 47.8 Å². The van der Waals surface area contributed by atoms with Crippen LogP contribution in [-0.2, 0) is 16.0 Å². The summed E-state index contributed by atoms with van der Waals surface area (Å²) in [6.45, 7) is 6.88. The molecule has 24 heavy (non-hydrogen) atoms. The Morgan fingerprint density at radius 3 is 2.21 bits per heavy atom. The Kier molecular flexibility index (Phi) is 5.22. The van der Waals surface area contributed by atoms with Gasteiger partial charge in [-0.3, -0.25) is 9.59 Å². The van der Waals surface area contributed by atoms with Crippen LogP contribution in [0.1, 0.15) is 42.4 Å². The van der Waals surface area contributed by atoms with Gasteiger partial charge in [0.15, 0.2) is 0 Å². The first-order valence-electron chi connectivity index (χ1n) is 9.17. The van der Waals surface area contributed by atoms with E-state index in [0.29, 0.717) is 38.5 Å². The summed E-state index contributed by atoms with van der Waals surface area (Å²) >= 11 is 0. The van der Waals surface area contributed by atoms with Crippen LogP contribution < -0.4 is 0 Å². The first-order chi connectivity index (χ1) is 11.5. The summed E-state index contributed by atoms with van der Waals surface area (Å²) in [4.78, 5) is 28.9. The van der Waals surface area contributed by atoms with Crippen molar-refractivity contribution in [3.8, 4) is 0 Å². The Bertz CT molecular complexity index is 612. The molecule has 3 rings (SSSR count). The molecule has 1 heterocycles. The van der Waals surface area contributed by atoms with Gasteiger partial charge in [0.2, 0.25) is 11.8 Å². The number of hydrogen-bond donors (Lipinski definition) is 0. The minimum atomic E-state index is 0.172. The van der Waals surface area contributed by atoms with Gasteiger partial charge in [0.05, 0.1) is 6.42 Å². The van der Waals surface area contributed by atoms with Crippen molar-refractivity contribution in [1.82, 2.24) is 9.80 Å². The summed E-state index contributed by atoms with van der Waals surface area (Å²) in [5.74, 6) is 0.725. The van der Waals surface area contributed by atoms with Gasteiger partial charge in [-0.05, 0) is 43.4 Å². The second kappa shape index (κ2) is 7.37. The molecule has 2 amide bonds. The van der Waals surface area contributed by atoms with Crippen molar-refractivity contribution < 1.29 is 9.59 Å². The van der Waals surface area contributed by atoms with E-state index in [0.717, 1.165) is 18.4 Å². The van der Waals surface area contributed by atoms with Crippen molar-refractivity contribution in [2.24, 2.45) is 5.92 Å². The molecule has 130 valence electrons. The summed E-state index contributed by atoms with van der Waals surface area (Å²) in [5, 5.41) is 0. The number of amides is 2. The van der Waals surface area contributed by atoms with Crippen LogP contribution in [0.25, 0.3) is 0 Å². The van der Waals surface area contributed by atoms with E-state index >= 15 is 0 Å². The lowest BCUT2D eigenvalue weighted by molar-refractivity contribution is -0.141. The normalized spacial score (nSPS) is 18.9. The number of carbonyl (C=O) groups is 2. The molecule has 4 heteroatoms. The average Bonchev–Trinajstić information content (AvgIpc) is 3.12. The monoisotopic (exact) mass is 328 g/mol. The summed E-state index contributed by atoms with van der Waals surface area (Å²) in [6, 6.07) is 6.23. The lowest BCUT2D eigenvalue weighted by atomic mass is 10.0. The molecule has 1 aliphatic heterocycles. The van der Waals surface area contributed by atoms with Crippen molar-refractivity contribution in [2.45, 2.75) is 46.0 Å². The zero-order chi connectivity index (χ0) is 17.1. The second-order valence-corrected chi connectivity index (χ2v) is 7.28. The summed E-state index contributed by atoms with van der Waals surface area (Å²) in [5.41, 5.74) is 3.56. The fourth-order valence-corrected chi connectivity index (χ4v) is 3.81. The largest absolute Gasteiger partial charge is 0.339 e. The minimum absolute atomic E-state index is 0.172. The molecule has 0 spiro atoms. The number of hydrogen-bond acceptors (Lipinski definition) is 2. The Labute approximate surface area is 144 Å². The third kappa shape index (κ3) is 3.80. The number of benzene rings is 1. The molecule has 0 radical (unpaired) electrons. The molecule has 1 aliphatic carbocycles. The third-order valence-electron chi connectivity index (χ3n) is 5.58. The van der Waals surface area contributed by atoms with E-state index in [2.05, 4.69) is 26.0 Å². The molecular weight excluding hydrogens is 300 g/mol. The van der Waals surface area contributed by atoms with Crippen molar-refractivity contribution >= 4 is 11.8 Å². The molecule has 1 aromatic carbocycles. The van der Waals surface area contributed by atoms with Gasteiger partial charge in [-0.25, -0.2) is 0 Å². The van der Waals surface area contributed by atoms with Crippen LogP contribution in [0.4, 0.5) is 0 Å². The smallest absolute Gasteiger partial charge is 0.227 e. The third-order valence-corrected chi connectivity index (χ3v) is 5.58. The molecule has 4 nitrogen and oxygen atoms in total. The molecule has 0 aromatic heterocycles. The average molecular weight is 328 g/mol. The van der Waals surface area contributed by atoms with Gasteiger partial charge in [-0.15, -0.1) is 0 Å². The molecule has 0 bridgehead atoms. The van der Waals surface area contributed by atoms with Gasteiger partial charge in [0.1, 0.15) is 0 Å². The van der Waals surface area contributed by atoms with E-state index in [1.807, 2.05) is 15.9 Å². The fraction of sp³-hybridized carbons (Fsp3) is 0.600. The highest BCUT2D eigenvalue weighted by atomic mass is 16.2. The maximum absolute atomic E-state index is 12.5. The molecule has 1 saturated heterocycles. The summed E-state index contributed by atoms with van der Waals surface area (Å²) < 4.78 is 0. The first kappa shape index (κ1) is 17.0. The van der Waals surface area contributed by atoms with Gasteiger partial charge in [0.25, 0.3) is 0 Å². The Balaban J connectivity index is 1.51. The van der Waals surface area contributed by atoms with Gasteiger partial charge < -0.3 is 9.80 Å². The highest BCUT2D eigenvalue weighted by Gasteiger charge is 2.30. The van der Waals surface area contributed by atoms with Crippen LogP contribution in [0.5, 0.6) is 0 Å². The molecule has 1 aromatic rings. The van der Waals surface area contributed by atoms with Gasteiger partial charge in [-0.1, -0.05) is 31.0 Å². The van der Waals surface area contributed by atoms with Crippen molar-refractivity contribution in [1.29, 1.82) is 0 Å². The topological polar surface area (TPSA) is 40.6 Å². The number of piperazine rings is 1. The van der Waals surface area contributed by atoms with Crippen molar-refractivity contribution in [2.75, 3.05) is 26.2 Å². The molecule has 0 atom stereocenters. The van der Waals surface area contributed by atoms with E-state index in [9.17, 15) is 9.59 Å². The molecule has 2 aliphatic rings. The highest BCUT2D eigenvalue weighted by molar-refractivity contribution is 5.81. The van der Waals surface area contributed by atoms with Crippen molar-refractivity contribution in [3.05, 3.63) is 34.9 Å². The van der Waals surface area contributed by atoms with Crippen LogP contribution in [0, 0.1) is 19.8 Å². The molecule has 1 saturated carbocycles. The van der Waals surface area contributed by atoms with Gasteiger partial charge in [0, 0.05) is 32.1 Å². The quantitative estimate of drug-likeness (QED) is 0.856. The molecule has 0 unspecified atom stereocenters. The van der Waals surface area contributed by atoms with Gasteiger partial charge >= 0.3 is 0 Å². The molecule has 0 N–H and O–H groups in total. The maximum atomic E-state index is 12.5. The maximum Gasteiger partial charge on any atom is 0.227 e. The summed E-state index contributed by atoms with van der Waals surface area (Å²) in [6.07, 6.45) is 4.92. The first-order valence-corrected chi connectivity index (χ1v) is 9.17. The fourth-order valence-electron chi connectivity index (χ4n) is 3.81. The Morgan fingerprint density at radius 1 is 0.958 bits per heavy atom. The molecular formula is C20H28N2O2. The lowest BCUT2D eigenvalue weighted by Gasteiger charge is -2.36. The Morgan fingerprint density at radius 2 is 1.58 bits per heavy atom. The van der Waals surface area contributed by atoms with Crippen LogP contribution in [0.3, 0.4) is 0 Å². The molecule has 2 fully saturated rings. The Hall–Kier alpha value is -1.84. The van der Waals surface area contributed by atoms with E-state index < -0.39 is 0 Å². The van der Waals surface area contributed by atoms with Crippen LogP contribution in [0.2, 0.25) is 0 Å². The predicted octanol–water partition coefficient (Wildman–Crippen LogP) is 2.71. The number of nitrogens with zero attached hydrogens (tertiary/aromatic N) is 2. The minimum Gasteiger partial charge on any atom is -0.339 e. The highest BCUT2D eigenvalue weighted by Crippen LogP contribution is 2.27. The van der Waals surface area contributed by atoms with Crippen LogP contribution in [0.15, 0.2) is 18.2 Å². The van der Waals surface area contributed by atoms with E-state index in [-0.39, 0.29) is 11.8 Å². The predicted molar refractivity (Wildman–Crippen MR) is 94.7 cm³/mol. The number of carbonyl (C=O) groups excluding carboxylic acids is 2. The SMILES string of the molecule is Cc1ccc(CC(=O)N2CCN(C(=O)C3CCCC3)CC2)cc1C. The van der Waals surface area contributed by atoms with E-state index in [1.54, 1.807) is 0 Å². The van der Waals surface area contributed by atoms with E-state index in [1.165, 1.54) is 24.0 Å².